The first-order valence-corrected chi connectivity index (χ1v) is 5.37. The number of hydrogen-bond acceptors (Lipinski definition) is 4. The smallest absolute Gasteiger partial charge is 0.120 e. The molecule has 4 heteroatoms. The molecular weight excluding hydrogens is 210 g/mol. The number of aromatic nitrogens is 1. The lowest BCUT2D eigenvalue weighted by Gasteiger charge is -1.96. The van der Waals surface area contributed by atoms with Crippen LogP contribution >= 0.6 is 11.3 Å². The Morgan fingerprint density at radius 2 is 2.40 bits per heavy atom. The van der Waals surface area contributed by atoms with Gasteiger partial charge in [0.25, 0.3) is 0 Å². The third-order valence-corrected chi connectivity index (χ3v) is 2.96. The highest BCUT2D eigenvalue weighted by atomic mass is 32.1. The number of thiazole rings is 1. The van der Waals surface area contributed by atoms with Crippen molar-refractivity contribution in [2.75, 3.05) is 13.7 Å². The molecular formula is C11H11NO2S. The number of nitrogens with zero attached hydrogens (tertiary/aromatic N) is 1. The summed E-state index contributed by atoms with van der Waals surface area (Å²) >= 11 is 1.58. The molecule has 0 unspecified atom stereocenters. The summed E-state index contributed by atoms with van der Waals surface area (Å²) in [5.41, 5.74) is 0.957. The van der Waals surface area contributed by atoms with E-state index in [2.05, 4.69) is 4.98 Å². The molecule has 0 amide bonds. The van der Waals surface area contributed by atoms with Gasteiger partial charge >= 0.3 is 0 Å². The van der Waals surface area contributed by atoms with Crippen LogP contribution in [-0.4, -0.2) is 23.8 Å². The molecule has 0 saturated carbocycles. The van der Waals surface area contributed by atoms with Crippen LogP contribution in [0.3, 0.4) is 0 Å². The molecule has 1 N–H and O–H groups in total. The van der Waals surface area contributed by atoms with Crippen LogP contribution in [0.1, 0.15) is 5.01 Å². The number of rotatable bonds is 3. The highest BCUT2D eigenvalue weighted by molar-refractivity contribution is 7.19. The van der Waals surface area contributed by atoms with E-state index in [0.717, 1.165) is 21.0 Å². The third kappa shape index (κ3) is 2.16. The average Bonchev–Trinajstić information content (AvgIpc) is 2.67. The van der Waals surface area contributed by atoms with Crippen molar-refractivity contribution in [1.82, 2.24) is 4.98 Å². The second-order valence-electron chi connectivity index (χ2n) is 2.97. The lowest BCUT2D eigenvalue weighted by atomic mass is 10.3. The van der Waals surface area contributed by atoms with Crippen molar-refractivity contribution in [2.24, 2.45) is 0 Å². The van der Waals surface area contributed by atoms with E-state index in [4.69, 9.17) is 9.84 Å². The maximum atomic E-state index is 8.65. The van der Waals surface area contributed by atoms with Crippen LogP contribution in [0.4, 0.5) is 0 Å². The van der Waals surface area contributed by atoms with E-state index in [1.54, 1.807) is 24.5 Å². The summed E-state index contributed by atoms with van der Waals surface area (Å²) in [6.45, 7) is 0.0409. The van der Waals surface area contributed by atoms with Gasteiger partial charge in [0.1, 0.15) is 10.8 Å². The van der Waals surface area contributed by atoms with Crippen molar-refractivity contribution in [3.63, 3.8) is 0 Å². The number of hydrogen-bond donors (Lipinski definition) is 1. The standard InChI is InChI=1S/C11H11NO2S/c1-14-8-4-5-9-10(7-8)15-11(12-9)3-2-6-13/h2-5,7,13H,6H2,1H3. The van der Waals surface area contributed by atoms with Gasteiger partial charge in [-0.05, 0) is 24.3 Å². The third-order valence-electron chi connectivity index (χ3n) is 1.98. The van der Waals surface area contributed by atoms with E-state index in [-0.39, 0.29) is 6.61 Å². The minimum Gasteiger partial charge on any atom is -0.497 e. The maximum absolute atomic E-state index is 8.65. The Balaban J connectivity index is 2.42. The Bertz CT molecular complexity index is 490. The number of aliphatic hydroxyl groups is 1. The molecule has 0 bridgehead atoms. The molecule has 1 aromatic carbocycles. The monoisotopic (exact) mass is 221 g/mol. The zero-order valence-corrected chi connectivity index (χ0v) is 9.12. The van der Waals surface area contributed by atoms with Gasteiger partial charge in [0, 0.05) is 0 Å². The van der Waals surface area contributed by atoms with Gasteiger partial charge in [0.05, 0.1) is 23.9 Å². The van der Waals surface area contributed by atoms with Gasteiger partial charge in [-0.1, -0.05) is 6.08 Å². The van der Waals surface area contributed by atoms with Crippen molar-refractivity contribution in [2.45, 2.75) is 0 Å². The molecule has 0 aliphatic carbocycles. The number of fused-ring (bicyclic) bond motifs is 1. The highest BCUT2D eigenvalue weighted by Gasteiger charge is 2.02. The molecule has 0 atom stereocenters. The molecule has 0 aliphatic rings. The van der Waals surface area contributed by atoms with Crippen molar-refractivity contribution < 1.29 is 9.84 Å². The Hall–Kier alpha value is -1.39. The van der Waals surface area contributed by atoms with Crippen LogP contribution < -0.4 is 4.74 Å². The maximum Gasteiger partial charge on any atom is 0.120 e. The summed E-state index contributed by atoms with van der Waals surface area (Å²) in [6, 6.07) is 5.78. The summed E-state index contributed by atoms with van der Waals surface area (Å²) in [5.74, 6) is 0.837. The Morgan fingerprint density at radius 1 is 1.53 bits per heavy atom. The largest absolute Gasteiger partial charge is 0.497 e. The van der Waals surface area contributed by atoms with Crippen LogP contribution in [0.2, 0.25) is 0 Å². The quantitative estimate of drug-likeness (QED) is 0.864. The van der Waals surface area contributed by atoms with Gasteiger partial charge in [-0.3, -0.25) is 0 Å². The fourth-order valence-electron chi connectivity index (χ4n) is 1.27. The van der Waals surface area contributed by atoms with Crippen LogP contribution in [0.15, 0.2) is 24.3 Å². The van der Waals surface area contributed by atoms with Crippen LogP contribution in [-0.2, 0) is 0 Å². The van der Waals surface area contributed by atoms with E-state index in [1.807, 2.05) is 24.3 Å². The van der Waals surface area contributed by atoms with Gasteiger partial charge < -0.3 is 9.84 Å². The highest BCUT2D eigenvalue weighted by Crippen LogP contribution is 2.26. The van der Waals surface area contributed by atoms with Gasteiger partial charge in [0.15, 0.2) is 0 Å². The molecule has 0 saturated heterocycles. The first kappa shape index (κ1) is 10.1. The average molecular weight is 221 g/mol. The van der Waals surface area contributed by atoms with Crippen molar-refractivity contribution in [3.05, 3.63) is 29.3 Å². The first-order valence-electron chi connectivity index (χ1n) is 4.55. The Morgan fingerprint density at radius 3 is 3.13 bits per heavy atom. The summed E-state index contributed by atoms with van der Waals surface area (Å²) < 4.78 is 6.22. The molecule has 0 radical (unpaired) electrons. The van der Waals surface area contributed by atoms with Gasteiger partial charge in [-0.2, -0.15) is 0 Å². The van der Waals surface area contributed by atoms with Crippen LogP contribution in [0.5, 0.6) is 5.75 Å². The SMILES string of the molecule is COc1ccc2nc(C=CCO)sc2c1. The molecule has 1 heterocycles. The molecule has 2 rings (SSSR count). The second-order valence-corrected chi connectivity index (χ2v) is 4.03. The minimum absolute atomic E-state index is 0.0409. The fourth-order valence-corrected chi connectivity index (χ4v) is 2.20. The van der Waals surface area contributed by atoms with E-state index >= 15 is 0 Å². The molecule has 15 heavy (non-hydrogen) atoms. The summed E-state index contributed by atoms with van der Waals surface area (Å²) in [4.78, 5) is 4.39. The van der Waals surface area contributed by atoms with E-state index in [9.17, 15) is 0 Å². The fraction of sp³-hybridized carbons (Fsp3) is 0.182. The molecule has 78 valence electrons. The molecule has 3 nitrogen and oxygen atoms in total. The number of aliphatic hydroxyl groups excluding tert-OH is 1. The zero-order valence-electron chi connectivity index (χ0n) is 8.30. The molecule has 2 aromatic rings. The molecule has 1 aromatic heterocycles. The minimum atomic E-state index is 0.0409. The van der Waals surface area contributed by atoms with E-state index in [1.165, 1.54) is 0 Å². The number of ether oxygens (including phenoxy) is 1. The lowest BCUT2D eigenvalue weighted by Crippen LogP contribution is -1.80. The second kappa shape index (κ2) is 4.42. The Kier molecular flexibility index (Phi) is 2.99. The van der Waals surface area contributed by atoms with E-state index < -0.39 is 0 Å². The van der Waals surface area contributed by atoms with Crippen molar-refractivity contribution in [1.29, 1.82) is 0 Å². The summed E-state index contributed by atoms with van der Waals surface area (Å²) in [7, 11) is 1.65. The van der Waals surface area contributed by atoms with Crippen LogP contribution in [0.25, 0.3) is 16.3 Å². The Labute approximate surface area is 91.7 Å². The molecule has 0 aliphatic heterocycles. The van der Waals surface area contributed by atoms with Crippen LogP contribution in [0, 0.1) is 0 Å². The topological polar surface area (TPSA) is 42.4 Å². The van der Waals surface area contributed by atoms with Gasteiger partial charge in [-0.25, -0.2) is 4.98 Å². The van der Waals surface area contributed by atoms with Crippen molar-refractivity contribution >= 4 is 27.6 Å². The zero-order chi connectivity index (χ0) is 10.7. The lowest BCUT2D eigenvalue weighted by molar-refractivity contribution is 0.343. The summed E-state index contributed by atoms with van der Waals surface area (Å²) in [6.07, 6.45) is 3.49. The van der Waals surface area contributed by atoms with Gasteiger partial charge in [-0.15, -0.1) is 11.3 Å². The van der Waals surface area contributed by atoms with Gasteiger partial charge in [0.2, 0.25) is 0 Å². The van der Waals surface area contributed by atoms with Crippen molar-refractivity contribution in [3.8, 4) is 5.75 Å². The summed E-state index contributed by atoms with van der Waals surface area (Å²) in [5, 5.41) is 9.55. The van der Waals surface area contributed by atoms with E-state index in [0.29, 0.717) is 0 Å². The predicted molar refractivity (Wildman–Crippen MR) is 62.3 cm³/mol. The molecule has 0 spiro atoms. The molecule has 0 fully saturated rings. The predicted octanol–water partition coefficient (Wildman–Crippen LogP) is 2.31. The first-order chi connectivity index (χ1) is 7.33. The normalized spacial score (nSPS) is 11.3. The number of benzene rings is 1. The number of methoxy groups -OCH3 is 1.